The zero-order valence-electron chi connectivity index (χ0n) is 16.6. The summed E-state index contributed by atoms with van der Waals surface area (Å²) in [6.07, 6.45) is 6.11. The molecule has 0 saturated heterocycles. The van der Waals surface area contributed by atoms with Crippen LogP contribution in [0.25, 0.3) is 27.0 Å². The smallest absolute Gasteiger partial charge is 0.261 e. The van der Waals surface area contributed by atoms with Crippen LogP contribution in [0.4, 0.5) is 0 Å². The topological polar surface area (TPSA) is 134 Å². The monoisotopic (exact) mass is 430 g/mol. The van der Waals surface area contributed by atoms with Crippen molar-refractivity contribution in [1.82, 2.24) is 15.3 Å². The van der Waals surface area contributed by atoms with Crippen LogP contribution in [0.2, 0.25) is 0 Å². The van der Waals surface area contributed by atoms with Crippen LogP contribution < -0.4 is 16.8 Å². The molecule has 0 fully saturated rings. The van der Waals surface area contributed by atoms with E-state index in [0.717, 1.165) is 32.6 Å². The first-order valence-corrected chi connectivity index (χ1v) is 10.5. The summed E-state index contributed by atoms with van der Waals surface area (Å²) in [5.74, 6) is -0.225. The average molecular weight is 431 g/mol. The van der Waals surface area contributed by atoms with Gasteiger partial charge >= 0.3 is 0 Å². The fourth-order valence-corrected chi connectivity index (χ4v) is 4.61. The summed E-state index contributed by atoms with van der Waals surface area (Å²) >= 11 is 1.35. The molecule has 4 rings (SSSR count). The normalized spacial score (nSPS) is 12.6. The standard InChI is InChI=1S/C23H22N6OS/c24-11-15(12-25)18-10-20(23(30)29-19(13-26)14-4-2-1-3-5-14)31-21(18)16-6-8-27-22-17(16)7-9-28-22/h1-12,19,24H,13,25-26H2,(H,27,28)(H,29,30). The highest BCUT2D eigenvalue weighted by atomic mass is 32.1. The number of thiophene rings is 1. The van der Waals surface area contributed by atoms with E-state index in [1.165, 1.54) is 23.8 Å². The molecule has 8 heteroatoms. The predicted octanol–water partition coefficient (Wildman–Crippen LogP) is 3.67. The van der Waals surface area contributed by atoms with Crippen LogP contribution >= 0.6 is 11.3 Å². The number of nitrogens with zero attached hydrogens (tertiary/aromatic N) is 1. The molecule has 1 aromatic carbocycles. The second kappa shape index (κ2) is 8.95. The molecule has 1 unspecified atom stereocenters. The zero-order valence-corrected chi connectivity index (χ0v) is 17.4. The van der Waals surface area contributed by atoms with Crippen LogP contribution in [0, 0.1) is 5.41 Å². The molecule has 0 aliphatic rings. The van der Waals surface area contributed by atoms with E-state index in [2.05, 4.69) is 15.3 Å². The van der Waals surface area contributed by atoms with E-state index in [4.69, 9.17) is 16.9 Å². The second-order valence-corrected chi connectivity index (χ2v) is 7.94. The maximum Gasteiger partial charge on any atom is 0.261 e. The molecule has 3 heterocycles. The lowest BCUT2D eigenvalue weighted by atomic mass is 10.0. The lowest BCUT2D eigenvalue weighted by Crippen LogP contribution is -2.32. The number of allylic oxidation sites excluding steroid dienone is 1. The van der Waals surface area contributed by atoms with Crippen molar-refractivity contribution >= 4 is 40.1 Å². The summed E-state index contributed by atoms with van der Waals surface area (Å²) < 4.78 is 0. The number of hydrogen-bond acceptors (Lipinski definition) is 6. The van der Waals surface area contributed by atoms with E-state index < -0.39 is 0 Å². The SMILES string of the molecule is N=CC(=CN)c1cc(C(=O)NC(CN)c2ccccc2)sc1-c1ccnc2[nH]ccc12. The molecule has 156 valence electrons. The number of H-pyrrole nitrogens is 1. The molecule has 31 heavy (non-hydrogen) atoms. The van der Waals surface area contributed by atoms with Crippen LogP contribution in [-0.2, 0) is 0 Å². The van der Waals surface area contributed by atoms with Gasteiger partial charge in [0.25, 0.3) is 5.91 Å². The lowest BCUT2D eigenvalue weighted by molar-refractivity contribution is 0.0942. The molecule has 1 atom stereocenters. The van der Waals surface area contributed by atoms with Crippen molar-refractivity contribution in [2.45, 2.75) is 6.04 Å². The second-order valence-electron chi connectivity index (χ2n) is 6.89. The minimum atomic E-state index is -0.299. The third-order valence-electron chi connectivity index (χ3n) is 5.05. The van der Waals surface area contributed by atoms with Gasteiger partial charge in [-0.1, -0.05) is 30.3 Å². The maximum absolute atomic E-state index is 13.1. The number of fused-ring (bicyclic) bond motifs is 1. The molecular weight excluding hydrogens is 408 g/mol. The number of carbonyl (C=O) groups is 1. The van der Waals surface area contributed by atoms with Crippen molar-refractivity contribution < 1.29 is 4.79 Å². The highest BCUT2D eigenvalue weighted by Crippen LogP contribution is 2.39. The molecule has 7 N–H and O–H groups in total. The zero-order chi connectivity index (χ0) is 21.8. The molecule has 4 aromatic rings. The largest absolute Gasteiger partial charge is 0.404 e. The van der Waals surface area contributed by atoms with Crippen LogP contribution in [0.1, 0.15) is 26.8 Å². The van der Waals surface area contributed by atoms with Gasteiger partial charge in [0.15, 0.2) is 0 Å². The van der Waals surface area contributed by atoms with Gasteiger partial charge in [-0.2, -0.15) is 0 Å². The van der Waals surface area contributed by atoms with E-state index in [1.54, 1.807) is 12.3 Å². The van der Waals surface area contributed by atoms with Crippen molar-refractivity contribution in [3.63, 3.8) is 0 Å². The van der Waals surface area contributed by atoms with E-state index in [9.17, 15) is 4.79 Å². The Balaban J connectivity index is 1.76. The van der Waals surface area contributed by atoms with Crippen LogP contribution in [-0.4, -0.2) is 28.6 Å². The number of pyridine rings is 1. The van der Waals surface area contributed by atoms with Crippen LogP contribution in [0.15, 0.2) is 67.1 Å². The number of aromatic nitrogens is 2. The van der Waals surface area contributed by atoms with Gasteiger partial charge in [-0.25, -0.2) is 4.98 Å². The fraction of sp³-hybridized carbons (Fsp3) is 0.0870. The summed E-state index contributed by atoms with van der Waals surface area (Å²) in [6.45, 7) is 0.281. The number of aromatic amines is 1. The Morgan fingerprint density at radius 3 is 2.77 bits per heavy atom. The third kappa shape index (κ3) is 3.98. The minimum absolute atomic E-state index is 0.225. The number of nitrogens with two attached hydrogens (primary N) is 2. The molecule has 7 nitrogen and oxygen atoms in total. The molecule has 0 aliphatic carbocycles. The first-order chi connectivity index (χ1) is 15.2. The summed E-state index contributed by atoms with van der Waals surface area (Å²) in [5.41, 5.74) is 15.6. The van der Waals surface area contributed by atoms with Crippen LogP contribution in [0.3, 0.4) is 0 Å². The molecular formula is C23H22N6OS. The van der Waals surface area contributed by atoms with Gasteiger partial charge in [0.1, 0.15) is 5.65 Å². The predicted molar refractivity (Wildman–Crippen MR) is 126 cm³/mol. The minimum Gasteiger partial charge on any atom is -0.404 e. The Morgan fingerprint density at radius 2 is 2.06 bits per heavy atom. The quantitative estimate of drug-likeness (QED) is 0.286. The van der Waals surface area contributed by atoms with E-state index >= 15 is 0 Å². The van der Waals surface area contributed by atoms with Gasteiger partial charge in [-0.05, 0) is 23.8 Å². The van der Waals surface area contributed by atoms with Gasteiger partial charge in [0, 0.05) is 58.3 Å². The molecule has 0 radical (unpaired) electrons. The Kier molecular flexibility index (Phi) is 5.92. The number of carbonyl (C=O) groups excluding carboxylic acids is 1. The first-order valence-electron chi connectivity index (χ1n) is 9.71. The molecule has 0 spiro atoms. The summed E-state index contributed by atoms with van der Waals surface area (Å²) in [6, 6.07) is 14.9. The molecule has 0 aliphatic heterocycles. The molecule has 0 saturated carbocycles. The van der Waals surface area contributed by atoms with Gasteiger partial charge in [-0.3, -0.25) is 4.79 Å². The first kappa shape index (κ1) is 20.5. The third-order valence-corrected chi connectivity index (χ3v) is 6.22. The number of hydrogen-bond donors (Lipinski definition) is 5. The Labute approximate surface area is 183 Å². The Hall–Kier alpha value is -3.75. The summed E-state index contributed by atoms with van der Waals surface area (Å²) in [5, 5.41) is 11.7. The van der Waals surface area contributed by atoms with Crippen molar-refractivity contribution in [1.29, 1.82) is 5.41 Å². The Morgan fingerprint density at radius 1 is 1.26 bits per heavy atom. The lowest BCUT2D eigenvalue weighted by Gasteiger charge is -2.16. The Bertz CT molecular complexity index is 1260. The van der Waals surface area contributed by atoms with Gasteiger partial charge in [0.2, 0.25) is 0 Å². The summed E-state index contributed by atoms with van der Waals surface area (Å²) in [4.78, 5) is 21.9. The summed E-state index contributed by atoms with van der Waals surface area (Å²) in [7, 11) is 0. The van der Waals surface area contributed by atoms with Crippen molar-refractivity contribution in [3.8, 4) is 10.4 Å². The number of amides is 1. The molecule has 1 amide bonds. The van der Waals surface area contributed by atoms with Gasteiger partial charge in [0.05, 0.1) is 10.9 Å². The molecule has 3 aromatic heterocycles. The van der Waals surface area contributed by atoms with Crippen LogP contribution in [0.5, 0.6) is 0 Å². The molecule has 0 bridgehead atoms. The number of nitrogens with one attached hydrogen (secondary N) is 3. The van der Waals surface area contributed by atoms with Crippen molar-refractivity contribution in [3.05, 3.63) is 83.1 Å². The highest BCUT2D eigenvalue weighted by Gasteiger charge is 2.21. The van der Waals surface area contributed by atoms with Gasteiger partial charge in [-0.15, -0.1) is 11.3 Å². The van der Waals surface area contributed by atoms with Crippen molar-refractivity contribution in [2.75, 3.05) is 6.54 Å². The van der Waals surface area contributed by atoms with Crippen molar-refractivity contribution in [2.24, 2.45) is 11.5 Å². The van der Waals surface area contributed by atoms with Gasteiger partial charge < -0.3 is 27.2 Å². The average Bonchev–Trinajstić information content (AvgIpc) is 3.46. The highest BCUT2D eigenvalue weighted by molar-refractivity contribution is 7.17. The fourth-order valence-electron chi connectivity index (χ4n) is 3.49. The van der Waals surface area contributed by atoms with E-state index in [-0.39, 0.29) is 18.5 Å². The maximum atomic E-state index is 13.1. The number of rotatable bonds is 7. The van der Waals surface area contributed by atoms with E-state index in [1.807, 2.05) is 48.7 Å². The van der Waals surface area contributed by atoms with E-state index in [0.29, 0.717) is 10.5 Å². The number of benzene rings is 1.